The quantitative estimate of drug-likeness (QED) is 0.620. The van der Waals surface area contributed by atoms with Gasteiger partial charge in [-0.05, 0) is 62.2 Å². The topological polar surface area (TPSA) is 71.2 Å². The fourth-order valence-corrected chi connectivity index (χ4v) is 3.83. The van der Waals surface area contributed by atoms with Gasteiger partial charge >= 0.3 is 0 Å². The van der Waals surface area contributed by atoms with E-state index in [-0.39, 0.29) is 11.3 Å². The number of aromatic nitrogens is 1. The monoisotopic (exact) mass is 396 g/mol. The number of hydrogen-bond acceptors (Lipinski definition) is 4. The number of ether oxygens (including phenoxy) is 1. The summed E-state index contributed by atoms with van der Waals surface area (Å²) in [4.78, 5) is 27.9. The van der Waals surface area contributed by atoms with E-state index in [0.717, 1.165) is 33.8 Å². The summed E-state index contributed by atoms with van der Waals surface area (Å²) in [7, 11) is 0. The zero-order valence-corrected chi connectivity index (χ0v) is 17.1. The molecule has 0 bridgehead atoms. The molecule has 6 heteroatoms. The Labute approximate surface area is 168 Å². The third-order valence-electron chi connectivity index (χ3n) is 4.28. The van der Waals surface area contributed by atoms with E-state index < -0.39 is 0 Å². The number of aromatic amines is 1. The SMILES string of the molecule is CCOc1ccc(NC(=O)CSCc2cc(=O)c3cc(C)cc(C)c3[nH]2)cc1. The van der Waals surface area contributed by atoms with Crippen LogP contribution in [-0.4, -0.2) is 23.3 Å². The Balaban J connectivity index is 1.58. The highest BCUT2D eigenvalue weighted by Crippen LogP contribution is 2.19. The molecular formula is C22H24N2O3S. The van der Waals surface area contributed by atoms with E-state index in [2.05, 4.69) is 16.4 Å². The number of pyridine rings is 1. The van der Waals surface area contributed by atoms with Crippen molar-refractivity contribution in [3.8, 4) is 5.75 Å². The summed E-state index contributed by atoms with van der Waals surface area (Å²) in [6.45, 7) is 6.52. The molecule has 0 saturated heterocycles. The highest BCUT2D eigenvalue weighted by atomic mass is 32.2. The highest BCUT2D eigenvalue weighted by Gasteiger charge is 2.08. The maximum absolute atomic E-state index is 12.4. The van der Waals surface area contributed by atoms with Crippen molar-refractivity contribution in [2.75, 3.05) is 17.7 Å². The molecule has 1 amide bonds. The Morgan fingerprint density at radius 2 is 1.89 bits per heavy atom. The number of nitrogens with one attached hydrogen (secondary N) is 2. The smallest absolute Gasteiger partial charge is 0.234 e. The molecule has 2 N–H and O–H groups in total. The molecule has 28 heavy (non-hydrogen) atoms. The Morgan fingerprint density at radius 3 is 2.61 bits per heavy atom. The maximum Gasteiger partial charge on any atom is 0.234 e. The van der Waals surface area contributed by atoms with Crippen LogP contribution in [0.15, 0.2) is 47.3 Å². The molecular weight excluding hydrogens is 372 g/mol. The number of amides is 1. The third-order valence-corrected chi connectivity index (χ3v) is 5.26. The van der Waals surface area contributed by atoms with Crippen molar-refractivity contribution in [2.45, 2.75) is 26.5 Å². The fraction of sp³-hybridized carbons (Fsp3) is 0.273. The van der Waals surface area contributed by atoms with Gasteiger partial charge in [0.05, 0.1) is 17.9 Å². The molecule has 0 atom stereocenters. The van der Waals surface area contributed by atoms with Gasteiger partial charge < -0.3 is 15.0 Å². The van der Waals surface area contributed by atoms with Crippen molar-refractivity contribution >= 4 is 34.3 Å². The number of rotatable bonds is 7. The van der Waals surface area contributed by atoms with E-state index in [4.69, 9.17) is 4.74 Å². The first-order chi connectivity index (χ1) is 13.5. The van der Waals surface area contributed by atoms with Crippen LogP contribution in [0.3, 0.4) is 0 Å². The van der Waals surface area contributed by atoms with Crippen molar-refractivity contribution in [1.29, 1.82) is 0 Å². The fourth-order valence-electron chi connectivity index (χ4n) is 3.09. The van der Waals surface area contributed by atoms with Crippen LogP contribution in [-0.2, 0) is 10.5 Å². The molecule has 1 aromatic heterocycles. The second-order valence-corrected chi connectivity index (χ2v) is 7.65. The van der Waals surface area contributed by atoms with E-state index >= 15 is 0 Å². The van der Waals surface area contributed by atoms with E-state index in [1.54, 1.807) is 6.07 Å². The van der Waals surface area contributed by atoms with Gasteiger partial charge in [-0.1, -0.05) is 6.07 Å². The number of benzene rings is 2. The zero-order valence-electron chi connectivity index (χ0n) is 16.3. The molecule has 0 fully saturated rings. The first kappa shape index (κ1) is 20.0. The number of thioether (sulfide) groups is 1. The molecule has 0 saturated carbocycles. The maximum atomic E-state index is 12.4. The van der Waals surface area contributed by atoms with E-state index in [9.17, 15) is 9.59 Å². The van der Waals surface area contributed by atoms with E-state index in [0.29, 0.717) is 23.5 Å². The number of fused-ring (bicyclic) bond motifs is 1. The summed E-state index contributed by atoms with van der Waals surface area (Å²) in [5.41, 5.74) is 4.56. The number of carbonyl (C=O) groups is 1. The van der Waals surface area contributed by atoms with Gasteiger partial charge in [0.1, 0.15) is 5.75 Å². The highest BCUT2D eigenvalue weighted by molar-refractivity contribution is 7.99. The summed E-state index contributed by atoms with van der Waals surface area (Å²) in [5.74, 6) is 1.57. The van der Waals surface area contributed by atoms with Crippen molar-refractivity contribution in [2.24, 2.45) is 0 Å². The molecule has 0 unspecified atom stereocenters. The van der Waals surface area contributed by atoms with Gasteiger partial charge in [-0.15, -0.1) is 11.8 Å². The second kappa shape index (κ2) is 8.97. The number of H-pyrrole nitrogens is 1. The molecule has 3 rings (SSSR count). The molecule has 0 aliphatic rings. The lowest BCUT2D eigenvalue weighted by atomic mass is 10.1. The van der Waals surface area contributed by atoms with Gasteiger partial charge in [-0.25, -0.2) is 0 Å². The average molecular weight is 397 g/mol. The lowest BCUT2D eigenvalue weighted by Crippen LogP contribution is -2.14. The Bertz CT molecular complexity index is 1040. The minimum atomic E-state index is -0.0795. The first-order valence-electron chi connectivity index (χ1n) is 9.20. The largest absolute Gasteiger partial charge is 0.494 e. The summed E-state index contributed by atoms with van der Waals surface area (Å²) in [5, 5.41) is 3.57. The lowest BCUT2D eigenvalue weighted by Gasteiger charge is -2.09. The molecule has 3 aromatic rings. The van der Waals surface area contributed by atoms with E-state index in [1.807, 2.05) is 51.1 Å². The number of carbonyl (C=O) groups excluding carboxylic acids is 1. The number of aryl methyl sites for hydroxylation is 2. The predicted molar refractivity (Wildman–Crippen MR) is 116 cm³/mol. The molecule has 0 radical (unpaired) electrons. The van der Waals surface area contributed by atoms with Gasteiger partial charge in [0.2, 0.25) is 5.91 Å². The Hall–Kier alpha value is -2.73. The molecule has 5 nitrogen and oxygen atoms in total. The van der Waals surface area contributed by atoms with Crippen LogP contribution < -0.4 is 15.5 Å². The third kappa shape index (κ3) is 4.95. The minimum Gasteiger partial charge on any atom is -0.494 e. The van der Waals surface area contributed by atoms with Crippen molar-refractivity contribution in [3.05, 3.63) is 69.5 Å². The number of hydrogen-bond donors (Lipinski definition) is 2. The van der Waals surface area contributed by atoms with Crippen molar-refractivity contribution in [3.63, 3.8) is 0 Å². The molecule has 0 spiro atoms. The summed E-state index contributed by atoms with van der Waals surface area (Å²) in [6, 6.07) is 12.9. The lowest BCUT2D eigenvalue weighted by molar-refractivity contribution is -0.113. The van der Waals surface area contributed by atoms with Crippen molar-refractivity contribution < 1.29 is 9.53 Å². The van der Waals surface area contributed by atoms with Gasteiger partial charge in [-0.3, -0.25) is 9.59 Å². The average Bonchev–Trinajstić information content (AvgIpc) is 2.64. The zero-order chi connectivity index (χ0) is 20.1. The second-order valence-electron chi connectivity index (χ2n) is 6.66. The van der Waals surface area contributed by atoms with E-state index in [1.165, 1.54) is 11.8 Å². The van der Waals surface area contributed by atoms with Gasteiger partial charge in [0, 0.05) is 28.6 Å². The normalized spacial score (nSPS) is 10.8. The number of anilines is 1. The molecule has 0 aliphatic carbocycles. The predicted octanol–water partition coefficient (Wildman–Crippen LogP) is 4.42. The van der Waals surface area contributed by atoms with Crippen LogP contribution in [0.5, 0.6) is 5.75 Å². The summed E-state index contributed by atoms with van der Waals surface area (Å²) >= 11 is 1.46. The van der Waals surface area contributed by atoms with Crippen LogP contribution in [0.25, 0.3) is 10.9 Å². The van der Waals surface area contributed by atoms with Crippen LogP contribution in [0.1, 0.15) is 23.7 Å². The summed E-state index contributed by atoms with van der Waals surface area (Å²) in [6.07, 6.45) is 0. The first-order valence-corrected chi connectivity index (χ1v) is 10.4. The van der Waals surface area contributed by atoms with Gasteiger partial charge in [-0.2, -0.15) is 0 Å². The minimum absolute atomic E-state index is 0.00925. The van der Waals surface area contributed by atoms with Crippen LogP contribution in [0.2, 0.25) is 0 Å². The molecule has 2 aromatic carbocycles. The molecule has 1 heterocycles. The van der Waals surface area contributed by atoms with Gasteiger partial charge in [0.15, 0.2) is 5.43 Å². The van der Waals surface area contributed by atoms with Crippen LogP contribution in [0, 0.1) is 13.8 Å². The standard InChI is InChI=1S/C22H24N2O3S/c1-4-27-18-7-5-16(6-8-18)23-21(26)13-28-12-17-11-20(25)19-10-14(2)9-15(3)22(19)24-17/h5-11H,4,12-13H2,1-3H3,(H,23,26)(H,24,25). The van der Waals surface area contributed by atoms with Crippen LogP contribution >= 0.6 is 11.8 Å². The van der Waals surface area contributed by atoms with Crippen LogP contribution in [0.4, 0.5) is 5.69 Å². The van der Waals surface area contributed by atoms with Gasteiger partial charge in [0.25, 0.3) is 0 Å². The summed E-state index contributed by atoms with van der Waals surface area (Å²) < 4.78 is 5.39. The molecule has 146 valence electrons. The Morgan fingerprint density at radius 1 is 1.14 bits per heavy atom. The van der Waals surface area contributed by atoms with Crippen molar-refractivity contribution in [1.82, 2.24) is 4.98 Å². The Kier molecular flexibility index (Phi) is 6.41. The molecule has 0 aliphatic heterocycles.